The fourth-order valence-corrected chi connectivity index (χ4v) is 4.88. The highest BCUT2D eigenvalue weighted by molar-refractivity contribution is 7.90. The first-order valence-electron chi connectivity index (χ1n) is 9.40. The molecule has 0 fully saturated rings. The fourth-order valence-electron chi connectivity index (χ4n) is 3.22. The monoisotopic (exact) mass is 467 g/mol. The molecule has 0 unspecified atom stereocenters. The summed E-state index contributed by atoms with van der Waals surface area (Å²) in [5.41, 5.74) is 1.43. The number of hydrogen-bond donors (Lipinski definition) is 0. The predicted octanol–water partition coefficient (Wildman–Crippen LogP) is 4.89. The van der Waals surface area contributed by atoms with Crippen LogP contribution in [0.2, 0.25) is 0 Å². The van der Waals surface area contributed by atoms with Gasteiger partial charge in [0.05, 0.1) is 25.7 Å². The van der Waals surface area contributed by atoms with Crippen LogP contribution in [0.25, 0.3) is 10.2 Å². The molecule has 10 heteroatoms. The van der Waals surface area contributed by atoms with Gasteiger partial charge in [0, 0.05) is 24.0 Å². The molecule has 3 aromatic carbocycles. The topological polar surface area (TPSA) is 110 Å². The molecule has 8 nitrogen and oxygen atoms in total. The van der Waals surface area contributed by atoms with E-state index in [4.69, 9.17) is 0 Å². The third kappa shape index (κ3) is 4.10. The van der Waals surface area contributed by atoms with E-state index in [2.05, 4.69) is 4.98 Å². The van der Waals surface area contributed by atoms with Crippen molar-refractivity contribution in [2.45, 2.75) is 11.8 Å². The Bertz CT molecular complexity index is 1440. The molecule has 0 aliphatic carbocycles. The van der Waals surface area contributed by atoms with Crippen LogP contribution in [0.3, 0.4) is 0 Å². The zero-order valence-corrected chi connectivity index (χ0v) is 18.7. The van der Waals surface area contributed by atoms with Gasteiger partial charge in [-0.1, -0.05) is 41.7 Å². The van der Waals surface area contributed by atoms with E-state index in [1.807, 2.05) is 43.3 Å². The van der Waals surface area contributed by atoms with Crippen LogP contribution in [0.1, 0.15) is 15.9 Å². The number of amides is 1. The second kappa shape index (κ2) is 8.13. The lowest BCUT2D eigenvalue weighted by Crippen LogP contribution is -2.27. The largest absolute Gasteiger partial charge is 0.271 e. The average molecular weight is 468 g/mol. The van der Waals surface area contributed by atoms with Crippen molar-refractivity contribution in [3.05, 3.63) is 88.0 Å². The van der Waals surface area contributed by atoms with Crippen LogP contribution in [0, 0.1) is 17.0 Å². The summed E-state index contributed by atoms with van der Waals surface area (Å²) in [5, 5.41) is 11.8. The van der Waals surface area contributed by atoms with Gasteiger partial charge in [-0.05, 0) is 36.8 Å². The Kier molecular flexibility index (Phi) is 5.49. The fraction of sp³-hybridized carbons (Fsp3) is 0.0909. The summed E-state index contributed by atoms with van der Waals surface area (Å²) < 4.78 is 25.1. The Morgan fingerprint density at radius 1 is 1.06 bits per heavy atom. The van der Waals surface area contributed by atoms with Gasteiger partial charge >= 0.3 is 0 Å². The first-order valence-corrected chi connectivity index (χ1v) is 12.1. The van der Waals surface area contributed by atoms with E-state index in [0.29, 0.717) is 16.3 Å². The lowest BCUT2D eigenvalue weighted by atomic mass is 10.1. The van der Waals surface area contributed by atoms with Crippen LogP contribution >= 0.6 is 11.3 Å². The summed E-state index contributed by atoms with van der Waals surface area (Å²) in [6, 6.07) is 17.8. The van der Waals surface area contributed by atoms with Crippen molar-refractivity contribution in [2.75, 3.05) is 11.2 Å². The van der Waals surface area contributed by atoms with E-state index < -0.39 is 26.4 Å². The highest BCUT2D eigenvalue weighted by atomic mass is 32.2. The van der Waals surface area contributed by atoms with Crippen molar-refractivity contribution in [1.29, 1.82) is 0 Å². The van der Waals surface area contributed by atoms with Crippen molar-refractivity contribution in [3.63, 3.8) is 0 Å². The zero-order chi connectivity index (χ0) is 23.0. The van der Waals surface area contributed by atoms with Gasteiger partial charge in [-0.15, -0.1) is 0 Å². The van der Waals surface area contributed by atoms with Gasteiger partial charge in [0.2, 0.25) is 0 Å². The second-order valence-corrected chi connectivity index (χ2v) is 10.2. The normalized spacial score (nSPS) is 11.4. The maximum Gasteiger partial charge on any atom is 0.271 e. The first-order chi connectivity index (χ1) is 15.1. The molecule has 0 saturated carbocycles. The van der Waals surface area contributed by atoms with E-state index in [1.165, 1.54) is 16.2 Å². The molecule has 0 spiro atoms. The van der Waals surface area contributed by atoms with Crippen molar-refractivity contribution >= 4 is 53.8 Å². The minimum Gasteiger partial charge on any atom is -0.268 e. The summed E-state index contributed by atoms with van der Waals surface area (Å²) in [6.45, 7) is 1.83. The number of non-ortho nitro benzene ring substituents is 1. The van der Waals surface area contributed by atoms with Gasteiger partial charge in [-0.25, -0.2) is 13.4 Å². The van der Waals surface area contributed by atoms with E-state index in [-0.39, 0.29) is 10.5 Å². The molecular formula is C22H17N3O5S2. The quantitative estimate of drug-likeness (QED) is 0.305. The summed E-state index contributed by atoms with van der Waals surface area (Å²) in [6.07, 6.45) is 0.937. The third-order valence-electron chi connectivity index (χ3n) is 4.81. The van der Waals surface area contributed by atoms with Crippen LogP contribution in [0.15, 0.2) is 71.6 Å². The number of para-hydroxylation sites is 2. The first kappa shape index (κ1) is 21.6. The molecule has 4 rings (SSSR count). The zero-order valence-electron chi connectivity index (χ0n) is 17.1. The number of carbonyl (C=O) groups is 1. The summed E-state index contributed by atoms with van der Waals surface area (Å²) in [7, 11) is -3.79. The summed E-state index contributed by atoms with van der Waals surface area (Å²) in [5.74, 6) is -0.619. The number of nitro benzene ring substituents is 1. The molecule has 0 atom stereocenters. The molecule has 162 valence electrons. The molecule has 0 radical (unpaired) electrons. The van der Waals surface area contributed by atoms with Crippen LogP contribution in [0.5, 0.6) is 0 Å². The average Bonchev–Trinajstić information content (AvgIpc) is 3.18. The Hall–Kier alpha value is -3.63. The number of fused-ring (bicyclic) bond motifs is 1. The number of aromatic nitrogens is 1. The number of sulfone groups is 1. The SMILES string of the molecule is Cc1ccccc1N(C(=O)c1cc([N+](=O)[O-])cc(S(C)(=O)=O)c1)c1nc2ccccc2s1. The third-order valence-corrected chi connectivity index (χ3v) is 6.92. The molecule has 0 aliphatic rings. The van der Waals surface area contributed by atoms with Gasteiger partial charge in [-0.3, -0.25) is 19.8 Å². The summed E-state index contributed by atoms with van der Waals surface area (Å²) >= 11 is 1.29. The standard InChI is InChI=1S/C22H17N3O5S2/c1-14-7-3-5-9-19(14)24(22-23-18-8-4-6-10-20(18)31-22)21(26)15-11-16(25(27)28)13-17(12-15)32(2,29)30/h3-13H,1-2H3. The van der Waals surface area contributed by atoms with Gasteiger partial charge in [0.1, 0.15) is 0 Å². The van der Waals surface area contributed by atoms with Gasteiger partial charge in [0.15, 0.2) is 15.0 Å². The number of nitrogens with zero attached hydrogens (tertiary/aromatic N) is 3. The maximum atomic E-state index is 13.7. The van der Waals surface area contributed by atoms with E-state index >= 15 is 0 Å². The number of carbonyl (C=O) groups excluding carboxylic acids is 1. The molecular weight excluding hydrogens is 450 g/mol. The van der Waals surface area contributed by atoms with Gasteiger partial charge in [0.25, 0.3) is 11.6 Å². The maximum absolute atomic E-state index is 13.7. The molecule has 0 N–H and O–H groups in total. The minimum atomic E-state index is -3.79. The van der Waals surface area contributed by atoms with E-state index in [0.717, 1.165) is 34.7 Å². The molecule has 0 aliphatic heterocycles. The molecule has 0 saturated heterocycles. The van der Waals surface area contributed by atoms with Crippen LogP contribution < -0.4 is 4.90 Å². The number of thiazole rings is 1. The highest BCUT2D eigenvalue weighted by Gasteiger charge is 2.27. The second-order valence-electron chi connectivity index (χ2n) is 7.14. The van der Waals surface area contributed by atoms with Crippen molar-refractivity contribution in [3.8, 4) is 0 Å². The number of nitro groups is 1. The minimum absolute atomic E-state index is 0.123. The lowest BCUT2D eigenvalue weighted by molar-refractivity contribution is -0.385. The van der Waals surface area contributed by atoms with Crippen LogP contribution in [-0.2, 0) is 9.84 Å². The number of benzene rings is 3. The lowest BCUT2D eigenvalue weighted by Gasteiger charge is -2.22. The number of hydrogen-bond acceptors (Lipinski definition) is 7. The Morgan fingerprint density at radius 2 is 1.75 bits per heavy atom. The molecule has 1 aromatic heterocycles. The summed E-state index contributed by atoms with van der Waals surface area (Å²) in [4.78, 5) is 30.0. The number of aryl methyl sites for hydroxylation is 1. The van der Waals surface area contributed by atoms with E-state index in [9.17, 15) is 23.3 Å². The molecule has 1 heterocycles. The van der Waals surface area contributed by atoms with Crippen molar-refractivity contribution in [1.82, 2.24) is 4.98 Å². The molecule has 0 bridgehead atoms. The van der Waals surface area contributed by atoms with Crippen LogP contribution in [-0.4, -0.2) is 30.5 Å². The van der Waals surface area contributed by atoms with Gasteiger partial charge in [-0.2, -0.15) is 0 Å². The highest BCUT2D eigenvalue weighted by Crippen LogP contribution is 2.36. The van der Waals surface area contributed by atoms with Crippen molar-refractivity contribution < 1.29 is 18.1 Å². The van der Waals surface area contributed by atoms with E-state index in [1.54, 1.807) is 12.1 Å². The number of rotatable bonds is 5. The van der Waals surface area contributed by atoms with Crippen molar-refractivity contribution in [2.24, 2.45) is 0 Å². The Balaban J connectivity index is 1.94. The molecule has 1 amide bonds. The smallest absolute Gasteiger partial charge is 0.268 e. The Labute approximate surface area is 187 Å². The Morgan fingerprint density at radius 3 is 2.41 bits per heavy atom. The van der Waals surface area contributed by atoms with Crippen LogP contribution in [0.4, 0.5) is 16.5 Å². The number of anilines is 2. The van der Waals surface area contributed by atoms with Gasteiger partial charge < -0.3 is 0 Å². The molecule has 4 aromatic rings. The molecule has 32 heavy (non-hydrogen) atoms. The predicted molar refractivity (Wildman–Crippen MR) is 123 cm³/mol.